The number of hydrogen-bond acceptors (Lipinski definition) is 5. The number of amides is 2. The first-order valence-electron chi connectivity index (χ1n) is 12.8. The lowest BCUT2D eigenvalue weighted by atomic mass is 9.70. The fraction of sp³-hybridized carbons (Fsp3) is 0.448. The molecular formula is C29H35N4O3. The van der Waals surface area contributed by atoms with Gasteiger partial charge in [-0.1, -0.05) is 61.7 Å². The molecule has 2 aromatic carbocycles. The molecule has 7 heteroatoms. The molecule has 4 rings (SSSR count). The van der Waals surface area contributed by atoms with Gasteiger partial charge in [0.25, 0.3) is 0 Å². The van der Waals surface area contributed by atoms with Gasteiger partial charge in [0, 0.05) is 25.0 Å². The lowest BCUT2D eigenvalue weighted by Gasteiger charge is -2.34. The minimum Gasteiger partial charge on any atom is -0.489 e. The van der Waals surface area contributed by atoms with Gasteiger partial charge in [-0.2, -0.15) is 5.26 Å². The van der Waals surface area contributed by atoms with Crippen molar-refractivity contribution in [3.63, 3.8) is 0 Å². The lowest BCUT2D eigenvalue weighted by molar-refractivity contribution is -0.129. The Morgan fingerprint density at radius 1 is 1.06 bits per heavy atom. The number of nitriles is 1. The quantitative estimate of drug-likeness (QED) is 0.529. The molecule has 1 aliphatic carbocycles. The second-order valence-corrected chi connectivity index (χ2v) is 10.2. The molecule has 1 saturated heterocycles. The summed E-state index contributed by atoms with van der Waals surface area (Å²) in [6.45, 7) is 2.31. The number of ether oxygens (including phenoxy) is 1. The summed E-state index contributed by atoms with van der Waals surface area (Å²) in [5, 5.41) is 12.9. The Morgan fingerprint density at radius 3 is 2.53 bits per heavy atom. The normalized spacial score (nSPS) is 21.4. The van der Waals surface area contributed by atoms with E-state index < -0.39 is 11.0 Å². The Kier molecular flexibility index (Phi) is 8.27. The molecule has 0 spiro atoms. The number of rotatable bonds is 10. The summed E-state index contributed by atoms with van der Waals surface area (Å²) in [6, 6.07) is 20.3. The van der Waals surface area contributed by atoms with E-state index in [2.05, 4.69) is 16.3 Å². The minimum absolute atomic E-state index is 0.305. The van der Waals surface area contributed by atoms with Crippen molar-refractivity contribution in [3.8, 4) is 11.8 Å². The number of carbonyl (C=O) groups excluding carboxylic acids is 2. The Labute approximate surface area is 213 Å². The average molecular weight is 488 g/mol. The SMILES string of the molecule is N#CC1(NC(=O)[CH]CC2(C(N)=O)CCCCC2)CCN(Cc2cccc(OCc3ccccc3)c2)C1. The van der Waals surface area contributed by atoms with E-state index in [0.29, 0.717) is 39.1 Å². The molecule has 7 nitrogen and oxygen atoms in total. The third-order valence-corrected chi connectivity index (χ3v) is 7.49. The summed E-state index contributed by atoms with van der Waals surface area (Å²) in [5.74, 6) is 0.167. The lowest BCUT2D eigenvalue weighted by Crippen LogP contribution is -2.50. The molecule has 1 unspecified atom stereocenters. The molecule has 1 radical (unpaired) electrons. The second-order valence-electron chi connectivity index (χ2n) is 10.2. The van der Waals surface area contributed by atoms with Gasteiger partial charge in [0.15, 0.2) is 0 Å². The van der Waals surface area contributed by atoms with E-state index in [9.17, 15) is 14.9 Å². The van der Waals surface area contributed by atoms with Crippen LogP contribution in [0.25, 0.3) is 0 Å². The van der Waals surface area contributed by atoms with Crippen LogP contribution in [0.1, 0.15) is 56.1 Å². The third kappa shape index (κ3) is 6.44. The van der Waals surface area contributed by atoms with Crippen molar-refractivity contribution >= 4 is 11.8 Å². The van der Waals surface area contributed by atoms with Gasteiger partial charge in [0.05, 0.1) is 12.5 Å². The molecule has 3 N–H and O–H groups in total. The number of primary amides is 1. The Morgan fingerprint density at radius 2 is 1.81 bits per heavy atom. The number of hydrogen-bond donors (Lipinski definition) is 2. The van der Waals surface area contributed by atoms with Crippen molar-refractivity contribution in [1.29, 1.82) is 5.26 Å². The Bertz CT molecular complexity index is 1090. The van der Waals surface area contributed by atoms with Crippen LogP contribution in [0.5, 0.6) is 5.75 Å². The van der Waals surface area contributed by atoms with Gasteiger partial charge in [0.2, 0.25) is 11.8 Å². The Balaban J connectivity index is 1.29. The van der Waals surface area contributed by atoms with Crippen molar-refractivity contribution in [2.75, 3.05) is 13.1 Å². The molecule has 1 heterocycles. The van der Waals surface area contributed by atoms with Crippen molar-refractivity contribution in [2.45, 2.75) is 63.6 Å². The van der Waals surface area contributed by atoms with Crippen LogP contribution in [0.3, 0.4) is 0 Å². The molecule has 2 aliphatic rings. The highest BCUT2D eigenvalue weighted by Crippen LogP contribution is 2.39. The van der Waals surface area contributed by atoms with E-state index >= 15 is 0 Å². The third-order valence-electron chi connectivity index (χ3n) is 7.49. The molecule has 189 valence electrons. The molecule has 2 fully saturated rings. The zero-order valence-corrected chi connectivity index (χ0v) is 20.7. The van der Waals surface area contributed by atoms with E-state index in [0.717, 1.165) is 49.0 Å². The van der Waals surface area contributed by atoms with Gasteiger partial charge in [-0.3, -0.25) is 14.5 Å². The van der Waals surface area contributed by atoms with Gasteiger partial charge < -0.3 is 15.8 Å². The fourth-order valence-corrected chi connectivity index (χ4v) is 5.33. The maximum Gasteiger partial charge on any atom is 0.225 e. The molecular weight excluding hydrogens is 452 g/mol. The van der Waals surface area contributed by atoms with Gasteiger partial charge in [-0.15, -0.1) is 0 Å². The highest BCUT2D eigenvalue weighted by Gasteiger charge is 2.41. The summed E-state index contributed by atoms with van der Waals surface area (Å²) >= 11 is 0. The molecule has 0 aromatic heterocycles. The summed E-state index contributed by atoms with van der Waals surface area (Å²) in [5.41, 5.74) is 6.32. The monoisotopic (exact) mass is 487 g/mol. The average Bonchev–Trinajstić information content (AvgIpc) is 3.30. The summed E-state index contributed by atoms with van der Waals surface area (Å²) < 4.78 is 5.95. The van der Waals surface area contributed by atoms with E-state index in [1.54, 1.807) is 0 Å². The van der Waals surface area contributed by atoms with E-state index in [1.165, 1.54) is 6.42 Å². The topological polar surface area (TPSA) is 108 Å². The highest BCUT2D eigenvalue weighted by molar-refractivity contribution is 5.88. The summed E-state index contributed by atoms with van der Waals surface area (Å²) in [6.07, 6.45) is 6.84. The van der Waals surface area contributed by atoms with Crippen LogP contribution in [0.4, 0.5) is 0 Å². The second kappa shape index (κ2) is 11.6. The number of nitrogens with two attached hydrogens (primary N) is 1. The maximum atomic E-state index is 12.8. The molecule has 1 atom stereocenters. The van der Waals surface area contributed by atoms with Crippen LogP contribution in [0, 0.1) is 23.2 Å². The first kappa shape index (κ1) is 25.7. The molecule has 1 aliphatic heterocycles. The van der Waals surface area contributed by atoms with Crippen LogP contribution in [0.2, 0.25) is 0 Å². The Hall–Kier alpha value is -3.37. The van der Waals surface area contributed by atoms with Gasteiger partial charge >= 0.3 is 0 Å². The molecule has 2 amide bonds. The van der Waals surface area contributed by atoms with Crippen molar-refractivity contribution in [3.05, 3.63) is 72.1 Å². The summed E-state index contributed by atoms with van der Waals surface area (Å²) in [4.78, 5) is 27.0. The minimum atomic E-state index is -0.943. The number of benzene rings is 2. The van der Waals surface area contributed by atoms with E-state index in [1.807, 2.05) is 54.6 Å². The van der Waals surface area contributed by atoms with Crippen LogP contribution >= 0.6 is 0 Å². The number of nitrogens with zero attached hydrogens (tertiary/aromatic N) is 2. The highest BCUT2D eigenvalue weighted by atomic mass is 16.5. The molecule has 0 bridgehead atoms. The first-order valence-corrected chi connectivity index (χ1v) is 12.8. The zero-order chi connectivity index (χ0) is 25.4. The molecule has 36 heavy (non-hydrogen) atoms. The van der Waals surface area contributed by atoms with E-state index in [4.69, 9.17) is 10.5 Å². The standard InChI is InChI=1S/C29H35N4O3/c30-21-29(32-26(34)12-15-28(27(31)35)13-5-2-6-14-28)16-17-33(22-29)19-24-10-7-11-25(18-24)36-20-23-8-3-1-4-9-23/h1,3-4,7-12,18H,2,5-6,13-17,19-20,22H2,(H2,31,35)(H,32,34). The molecule has 1 saturated carbocycles. The van der Waals surface area contributed by atoms with Crippen LogP contribution in [0.15, 0.2) is 54.6 Å². The number of carbonyl (C=O) groups is 2. The smallest absolute Gasteiger partial charge is 0.225 e. The van der Waals surface area contributed by atoms with Crippen LogP contribution < -0.4 is 15.8 Å². The van der Waals surface area contributed by atoms with E-state index in [-0.39, 0.29) is 11.8 Å². The molecule has 2 aromatic rings. The predicted molar refractivity (Wildman–Crippen MR) is 137 cm³/mol. The van der Waals surface area contributed by atoms with Gasteiger partial charge in [-0.05, 0) is 48.9 Å². The van der Waals surface area contributed by atoms with Gasteiger partial charge in [-0.25, -0.2) is 0 Å². The van der Waals surface area contributed by atoms with Crippen LogP contribution in [-0.2, 0) is 22.7 Å². The van der Waals surface area contributed by atoms with Crippen LogP contribution in [-0.4, -0.2) is 35.3 Å². The number of likely N-dealkylation sites (tertiary alicyclic amines) is 1. The largest absolute Gasteiger partial charge is 0.489 e. The summed E-state index contributed by atoms with van der Waals surface area (Å²) in [7, 11) is 0. The van der Waals surface area contributed by atoms with Crippen molar-refractivity contribution < 1.29 is 14.3 Å². The first-order chi connectivity index (χ1) is 17.4. The van der Waals surface area contributed by atoms with Crippen molar-refractivity contribution in [2.24, 2.45) is 11.1 Å². The fourth-order valence-electron chi connectivity index (χ4n) is 5.33. The van der Waals surface area contributed by atoms with Gasteiger partial charge in [0.1, 0.15) is 17.9 Å². The van der Waals surface area contributed by atoms with Crippen molar-refractivity contribution in [1.82, 2.24) is 10.2 Å². The maximum absolute atomic E-state index is 12.8. The predicted octanol–water partition coefficient (Wildman–Crippen LogP) is 3.88. The number of nitrogens with one attached hydrogen (secondary N) is 1. The zero-order valence-electron chi connectivity index (χ0n) is 20.7.